The van der Waals surface area contributed by atoms with Gasteiger partial charge in [0.25, 0.3) is 0 Å². The van der Waals surface area contributed by atoms with Crippen molar-refractivity contribution in [3.63, 3.8) is 0 Å². The first-order valence-electron chi connectivity index (χ1n) is 4.16. The Bertz CT molecular complexity index is 352. The second-order valence-corrected chi connectivity index (χ2v) is 3.09. The number of hydrogen-bond acceptors (Lipinski definition) is 4. The minimum Gasteiger partial charge on any atom is -0.480 e. The van der Waals surface area contributed by atoms with Crippen LogP contribution in [-0.4, -0.2) is 29.7 Å². The van der Waals surface area contributed by atoms with E-state index in [1.807, 2.05) is 0 Å². The molecule has 0 amide bonds. The Hall–Kier alpha value is -1.78. The summed E-state index contributed by atoms with van der Waals surface area (Å²) in [6, 6.07) is 3.42. The molecule has 1 aromatic heterocycles. The van der Waals surface area contributed by atoms with Gasteiger partial charge in [-0.15, -0.1) is 0 Å². The normalized spacial score (nSPS) is 9.86. The minimum atomic E-state index is -0.885. The molecular formula is C9H13N3O2. The molecule has 0 aliphatic heterocycles. The van der Waals surface area contributed by atoms with E-state index in [0.29, 0.717) is 17.2 Å². The summed E-state index contributed by atoms with van der Waals surface area (Å²) >= 11 is 0. The zero-order valence-corrected chi connectivity index (χ0v) is 8.19. The zero-order valence-electron chi connectivity index (χ0n) is 8.19. The van der Waals surface area contributed by atoms with E-state index in [-0.39, 0.29) is 6.54 Å². The fourth-order valence-corrected chi connectivity index (χ4v) is 1.06. The van der Waals surface area contributed by atoms with Crippen molar-refractivity contribution in [1.82, 2.24) is 4.98 Å². The van der Waals surface area contributed by atoms with E-state index in [2.05, 4.69) is 4.98 Å². The van der Waals surface area contributed by atoms with Crippen molar-refractivity contribution in [3.8, 4) is 0 Å². The van der Waals surface area contributed by atoms with Gasteiger partial charge in [-0.25, -0.2) is 4.98 Å². The first-order chi connectivity index (χ1) is 6.50. The number of carboxylic acid groups (broad SMARTS) is 1. The Kier molecular flexibility index (Phi) is 2.91. The lowest BCUT2D eigenvalue weighted by atomic mass is 10.3. The number of pyridine rings is 1. The molecule has 0 unspecified atom stereocenters. The number of rotatable bonds is 3. The maximum Gasteiger partial charge on any atom is 0.323 e. The summed E-state index contributed by atoms with van der Waals surface area (Å²) in [5.41, 5.74) is 6.91. The Labute approximate surface area is 82.2 Å². The molecule has 0 bridgehead atoms. The summed E-state index contributed by atoms with van der Waals surface area (Å²) in [5.74, 6) is -0.275. The predicted octanol–water partition coefficient (Wildman–Crippen LogP) is 0.493. The van der Waals surface area contributed by atoms with Gasteiger partial charge in [0.1, 0.15) is 12.4 Å². The zero-order chi connectivity index (χ0) is 10.7. The Morgan fingerprint density at radius 3 is 2.79 bits per heavy atom. The molecule has 1 heterocycles. The highest BCUT2D eigenvalue weighted by atomic mass is 16.4. The predicted molar refractivity (Wildman–Crippen MR) is 54.3 cm³/mol. The van der Waals surface area contributed by atoms with Gasteiger partial charge >= 0.3 is 5.97 Å². The molecule has 0 atom stereocenters. The third-order valence-electron chi connectivity index (χ3n) is 1.88. The fourth-order valence-electron chi connectivity index (χ4n) is 1.06. The summed E-state index contributed by atoms with van der Waals surface area (Å²) in [4.78, 5) is 16.2. The molecule has 1 rings (SSSR count). The van der Waals surface area contributed by atoms with Crippen LogP contribution in [0.5, 0.6) is 0 Å². The number of nitrogens with zero attached hydrogens (tertiary/aromatic N) is 2. The van der Waals surface area contributed by atoms with Crippen LogP contribution in [0, 0.1) is 6.92 Å². The quantitative estimate of drug-likeness (QED) is 0.733. The van der Waals surface area contributed by atoms with Gasteiger partial charge in [0.05, 0.1) is 11.4 Å². The molecule has 5 heteroatoms. The lowest BCUT2D eigenvalue weighted by molar-refractivity contribution is -0.135. The second-order valence-electron chi connectivity index (χ2n) is 3.09. The number of likely N-dealkylation sites (N-methyl/N-ethyl adjacent to an activating group) is 1. The van der Waals surface area contributed by atoms with E-state index in [9.17, 15) is 4.79 Å². The topological polar surface area (TPSA) is 79.5 Å². The number of carboxylic acids is 1. The van der Waals surface area contributed by atoms with Gasteiger partial charge in [0.2, 0.25) is 0 Å². The largest absolute Gasteiger partial charge is 0.480 e. The summed E-state index contributed by atoms with van der Waals surface area (Å²) in [6.45, 7) is 1.71. The molecule has 0 saturated carbocycles. The minimum absolute atomic E-state index is 0.0731. The fraction of sp³-hybridized carbons (Fsp3) is 0.333. The van der Waals surface area contributed by atoms with Crippen LogP contribution in [0.15, 0.2) is 12.1 Å². The van der Waals surface area contributed by atoms with Gasteiger partial charge in [-0.3, -0.25) is 4.79 Å². The van der Waals surface area contributed by atoms with Crippen molar-refractivity contribution >= 4 is 17.5 Å². The van der Waals surface area contributed by atoms with E-state index in [0.717, 1.165) is 0 Å². The molecule has 0 aliphatic rings. The average Bonchev–Trinajstić information content (AvgIpc) is 2.08. The van der Waals surface area contributed by atoms with Gasteiger partial charge in [0, 0.05) is 7.05 Å². The van der Waals surface area contributed by atoms with E-state index in [1.165, 1.54) is 0 Å². The Morgan fingerprint density at radius 2 is 2.29 bits per heavy atom. The van der Waals surface area contributed by atoms with E-state index in [4.69, 9.17) is 10.8 Å². The smallest absolute Gasteiger partial charge is 0.323 e. The molecule has 0 spiro atoms. The Morgan fingerprint density at radius 1 is 1.64 bits per heavy atom. The van der Waals surface area contributed by atoms with Crippen molar-refractivity contribution in [2.24, 2.45) is 0 Å². The molecule has 1 aromatic rings. The van der Waals surface area contributed by atoms with E-state index in [1.54, 1.807) is 31.0 Å². The number of nitrogens with two attached hydrogens (primary N) is 1. The lowest BCUT2D eigenvalue weighted by Crippen LogP contribution is -2.26. The van der Waals surface area contributed by atoms with Crippen LogP contribution < -0.4 is 10.6 Å². The van der Waals surface area contributed by atoms with Crippen molar-refractivity contribution < 1.29 is 9.90 Å². The summed E-state index contributed by atoms with van der Waals surface area (Å²) in [6.07, 6.45) is 0. The molecule has 0 radical (unpaired) electrons. The van der Waals surface area contributed by atoms with Gasteiger partial charge in [-0.2, -0.15) is 0 Å². The third kappa shape index (κ3) is 2.35. The van der Waals surface area contributed by atoms with Gasteiger partial charge in [0.15, 0.2) is 0 Å². The molecule has 0 fully saturated rings. The molecule has 76 valence electrons. The highest BCUT2D eigenvalue weighted by Crippen LogP contribution is 2.14. The summed E-state index contributed by atoms with van der Waals surface area (Å²) < 4.78 is 0. The van der Waals surface area contributed by atoms with Gasteiger partial charge < -0.3 is 15.7 Å². The molecule has 0 aromatic carbocycles. The summed E-state index contributed by atoms with van der Waals surface area (Å²) in [5, 5.41) is 8.57. The lowest BCUT2D eigenvalue weighted by Gasteiger charge is -2.16. The number of aromatic nitrogens is 1. The first kappa shape index (κ1) is 10.3. The number of aliphatic carboxylic acids is 1. The highest BCUT2D eigenvalue weighted by Gasteiger charge is 2.07. The van der Waals surface area contributed by atoms with Crippen LogP contribution in [0.1, 0.15) is 5.69 Å². The third-order valence-corrected chi connectivity index (χ3v) is 1.88. The second kappa shape index (κ2) is 3.95. The van der Waals surface area contributed by atoms with Crippen molar-refractivity contribution in [1.29, 1.82) is 0 Å². The number of carbonyl (C=O) groups is 1. The van der Waals surface area contributed by atoms with Crippen LogP contribution in [0.2, 0.25) is 0 Å². The van der Waals surface area contributed by atoms with Crippen LogP contribution >= 0.6 is 0 Å². The number of nitrogen functional groups attached to an aromatic ring is 1. The standard InChI is InChI=1S/C9H13N3O2/c1-6-7(10)3-4-8(11-6)12(2)5-9(13)14/h3-4H,5,10H2,1-2H3,(H,13,14). The molecule has 0 aliphatic carbocycles. The molecule has 14 heavy (non-hydrogen) atoms. The Balaban J connectivity index is 2.85. The van der Waals surface area contributed by atoms with Crippen molar-refractivity contribution in [2.45, 2.75) is 6.92 Å². The summed E-state index contributed by atoms with van der Waals surface area (Å²) in [7, 11) is 1.67. The molecule has 0 saturated heterocycles. The maximum atomic E-state index is 10.4. The maximum absolute atomic E-state index is 10.4. The van der Waals surface area contributed by atoms with E-state index < -0.39 is 5.97 Å². The van der Waals surface area contributed by atoms with Gasteiger partial charge in [-0.05, 0) is 19.1 Å². The monoisotopic (exact) mass is 195 g/mol. The first-order valence-corrected chi connectivity index (χ1v) is 4.16. The molecule has 5 nitrogen and oxygen atoms in total. The van der Waals surface area contributed by atoms with E-state index >= 15 is 0 Å². The van der Waals surface area contributed by atoms with Crippen LogP contribution in [0.25, 0.3) is 0 Å². The molecular weight excluding hydrogens is 182 g/mol. The van der Waals surface area contributed by atoms with Crippen molar-refractivity contribution in [2.75, 3.05) is 24.2 Å². The number of aryl methyl sites for hydroxylation is 1. The molecule has 3 N–H and O–H groups in total. The van der Waals surface area contributed by atoms with Crippen LogP contribution in [-0.2, 0) is 4.79 Å². The highest BCUT2D eigenvalue weighted by molar-refractivity contribution is 5.73. The van der Waals surface area contributed by atoms with Crippen molar-refractivity contribution in [3.05, 3.63) is 17.8 Å². The average molecular weight is 195 g/mol. The van der Waals surface area contributed by atoms with Crippen LogP contribution in [0.3, 0.4) is 0 Å². The number of hydrogen-bond donors (Lipinski definition) is 2. The number of anilines is 2. The SMILES string of the molecule is Cc1nc(N(C)CC(=O)O)ccc1N. The van der Waals surface area contributed by atoms with Gasteiger partial charge in [-0.1, -0.05) is 0 Å². The van der Waals surface area contributed by atoms with Crippen LogP contribution in [0.4, 0.5) is 11.5 Å².